The summed E-state index contributed by atoms with van der Waals surface area (Å²) in [6.07, 6.45) is 2.00. The van der Waals surface area contributed by atoms with E-state index in [0.29, 0.717) is 6.54 Å². The number of nitrogens with one attached hydrogen (secondary N) is 1. The molecule has 0 aliphatic carbocycles. The van der Waals surface area contributed by atoms with Gasteiger partial charge in [-0.1, -0.05) is 67.6 Å². The van der Waals surface area contributed by atoms with Crippen LogP contribution in [0, 0.1) is 0 Å². The summed E-state index contributed by atoms with van der Waals surface area (Å²) in [7, 11) is 0. The fraction of sp³-hybridized carbons (Fsp3) is 0.259. The molecule has 0 saturated carbocycles. The van der Waals surface area contributed by atoms with E-state index in [1.165, 1.54) is 0 Å². The van der Waals surface area contributed by atoms with Crippen LogP contribution >= 0.6 is 11.8 Å². The number of hydrogen-bond acceptors (Lipinski definition) is 3. The molecule has 1 atom stereocenters. The molecule has 5 nitrogen and oxygen atoms in total. The second-order valence-corrected chi connectivity index (χ2v) is 9.05. The first-order valence-corrected chi connectivity index (χ1v) is 12.0. The van der Waals surface area contributed by atoms with Gasteiger partial charge in [0.25, 0.3) is 0 Å². The maximum atomic E-state index is 13.1. The van der Waals surface area contributed by atoms with Gasteiger partial charge >= 0.3 is 12.0 Å². The molecule has 2 N–H and O–H groups in total. The van der Waals surface area contributed by atoms with Crippen LogP contribution in [0.3, 0.4) is 0 Å². The summed E-state index contributed by atoms with van der Waals surface area (Å²) in [4.78, 5) is 27.9. The van der Waals surface area contributed by atoms with Gasteiger partial charge in [0.05, 0.1) is 12.5 Å². The summed E-state index contributed by atoms with van der Waals surface area (Å²) in [5.41, 5.74) is 2.65. The van der Waals surface area contributed by atoms with Crippen molar-refractivity contribution in [2.45, 2.75) is 48.9 Å². The van der Waals surface area contributed by atoms with Gasteiger partial charge in [-0.3, -0.25) is 4.79 Å². The zero-order valence-electron chi connectivity index (χ0n) is 19.0. The molecule has 3 aromatic carbocycles. The van der Waals surface area contributed by atoms with E-state index >= 15 is 0 Å². The average molecular weight is 463 g/mol. The number of unbranched alkanes of at least 4 members (excludes halogenated alkanes) is 1. The summed E-state index contributed by atoms with van der Waals surface area (Å²) in [6.45, 7) is 4.88. The Labute approximate surface area is 199 Å². The molecule has 0 spiro atoms. The van der Waals surface area contributed by atoms with E-state index in [1.54, 1.807) is 11.8 Å². The van der Waals surface area contributed by atoms with Crippen LogP contribution in [0.2, 0.25) is 0 Å². The Morgan fingerprint density at radius 1 is 0.939 bits per heavy atom. The summed E-state index contributed by atoms with van der Waals surface area (Å²) < 4.78 is 0. The number of carboxylic acids is 1. The van der Waals surface area contributed by atoms with Gasteiger partial charge in [-0.05, 0) is 60.9 Å². The van der Waals surface area contributed by atoms with E-state index in [9.17, 15) is 9.59 Å². The number of carbonyl (C=O) groups excluding carboxylic acids is 1. The van der Waals surface area contributed by atoms with Crippen molar-refractivity contribution >= 4 is 29.4 Å². The van der Waals surface area contributed by atoms with Crippen LogP contribution in [0.1, 0.15) is 43.9 Å². The normalized spacial score (nSPS) is 11.6. The summed E-state index contributed by atoms with van der Waals surface area (Å²) in [5, 5.41) is 11.9. The van der Waals surface area contributed by atoms with E-state index in [-0.39, 0.29) is 18.5 Å². The van der Waals surface area contributed by atoms with Crippen molar-refractivity contribution in [3.05, 3.63) is 90.0 Å². The molecule has 0 heterocycles. The van der Waals surface area contributed by atoms with Crippen molar-refractivity contribution in [1.29, 1.82) is 0 Å². The molecule has 1 unspecified atom stereocenters. The van der Waals surface area contributed by atoms with Gasteiger partial charge in [0, 0.05) is 22.0 Å². The van der Waals surface area contributed by atoms with Gasteiger partial charge < -0.3 is 15.3 Å². The number of urea groups is 1. The third-order valence-corrected chi connectivity index (χ3v) is 6.40. The van der Waals surface area contributed by atoms with Gasteiger partial charge in [0.1, 0.15) is 0 Å². The minimum Gasteiger partial charge on any atom is -0.481 e. The molecule has 0 saturated heterocycles. The fourth-order valence-corrected chi connectivity index (χ4v) is 4.32. The molecule has 3 aromatic rings. The Morgan fingerprint density at radius 3 is 2.12 bits per heavy atom. The number of amides is 2. The second kappa shape index (κ2) is 12.1. The quantitative estimate of drug-likeness (QED) is 0.345. The lowest BCUT2D eigenvalue weighted by molar-refractivity contribution is -0.136. The van der Waals surface area contributed by atoms with Crippen LogP contribution < -0.4 is 5.32 Å². The number of anilines is 1. The SMILES string of the molecule is CCCCN(C(=O)Nc1ccc(Sc2ccc(CC(=O)O)cc2)cc1)C(C)c1ccccc1. The van der Waals surface area contributed by atoms with E-state index in [2.05, 4.69) is 31.3 Å². The number of carbonyl (C=O) groups is 2. The summed E-state index contributed by atoms with van der Waals surface area (Å²) in [5.74, 6) is -0.834. The van der Waals surface area contributed by atoms with Crippen LogP contribution in [0.5, 0.6) is 0 Å². The van der Waals surface area contributed by atoms with E-state index < -0.39 is 5.97 Å². The van der Waals surface area contributed by atoms with Crippen LogP contribution in [0.25, 0.3) is 0 Å². The minimum atomic E-state index is -0.834. The van der Waals surface area contributed by atoms with E-state index in [1.807, 2.05) is 71.6 Å². The smallest absolute Gasteiger partial charge is 0.322 e. The van der Waals surface area contributed by atoms with Gasteiger partial charge in [0.2, 0.25) is 0 Å². The highest BCUT2D eigenvalue weighted by molar-refractivity contribution is 7.99. The first kappa shape index (κ1) is 24.4. The summed E-state index contributed by atoms with van der Waals surface area (Å²) >= 11 is 1.59. The zero-order chi connectivity index (χ0) is 23.6. The van der Waals surface area contributed by atoms with Gasteiger partial charge in [-0.2, -0.15) is 0 Å². The highest BCUT2D eigenvalue weighted by Gasteiger charge is 2.21. The maximum Gasteiger partial charge on any atom is 0.322 e. The highest BCUT2D eigenvalue weighted by atomic mass is 32.2. The second-order valence-electron chi connectivity index (χ2n) is 7.90. The van der Waals surface area contributed by atoms with Crippen molar-refractivity contribution in [3.8, 4) is 0 Å². The molecule has 0 bridgehead atoms. The largest absolute Gasteiger partial charge is 0.481 e. The van der Waals surface area contributed by atoms with Crippen LogP contribution in [-0.2, 0) is 11.2 Å². The van der Waals surface area contributed by atoms with Crippen molar-refractivity contribution in [2.24, 2.45) is 0 Å². The van der Waals surface area contributed by atoms with Crippen molar-refractivity contribution in [3.63, 3.8) is 0 Å². The number of carboxylic acid groups (broad SMARTS) is 1. The number of aliphatic carboxylic acids is 1. The monoisotopic (exact) mass is 462 g/mol. The predicted octanol–water partition coefficient (Wildman–Crippen LogP) is 6.86. The van der Waals surface area contributed by atoms with Gasteiger partial charge in [0.15, 0.2) is 0 Å². The van der Waals surface area contributed by atoms with E-state index in [4.69, 9.17) is 5.11 Å². The Morgan fingerprint density at radius 2 is 1.55 bits per heavy atom. The number of nitrogens with zero attached hydrogens (tertiary/aromatic N) is 1. The molecule has 6 heteroatoms. The van der Waals surface area contributed by atoms with Crippen LogP contribution in [-0.4, -0.2) is 28.6 Å². The van der Waals surface area contributed by atoms with Gasteiger partial charge in [-0.15, -0.1) is 0 Å². The number of hydrogen-bond donors (Lipinski definition) is 2. The third-order valence-electron chi connectivity index (χ3n) is 5.38. The molecule has 33 heavy (non-hydrogen) atoms. The topological polar surface area (TPSA) is 69.6 Å². The Balaban J connectivity index is 1.63. The van der Waals surface area contributed by atoms with Crippen molar-refractivity contribution in [1.82, 2.24) is 4.90 Å². The summed E-state index contributed by atoms with van der Waals surface area (Å²) in [6, 6.07) is 25.3. The average Bonchev–Trinajstić information content (AvgIpc) is 2.82. The minimum absolute atomic E-state index is 0.0170. The molecule has 0 aliphatic rings. The fourth-order valence-electron chi connectivity index (χ4n) is 3.50. The van der Waals surface area contributed by atoms with Crippen LogP contribution in [0.15, 0.2) is 88.7 Å². The molecule has 172 valence electrons. The molecule has 2 amide bonds. The van der Waals surface area contributed by atoms with Gasteiger partial charge in [-0.25, -0.2) is 4.79 Å². The third kappa shape index (κ3) is 7.39. The lowest BCUT2D eigenvalue weighted by atomic mass is 10.1. The first-order valence-electron chi connectivity index (χ1n) is 11.2. The number of rotatable bonds is 10. The molecule has 3 rings (SSSR count). The Kier molecular flexibility index (Phi) is 8.95. The molecule has 0 radical (unpaired) electrons. The van der Waals surface area contributed by atoms with E-state index in [0.717, 1.165) is 39.4 Å². The Hall–Kier alpha value is -3.25. The first-order chi connectivity index (χ1) is 16.0. The highest BCUT2D eigenvalue weighted by Crippen LogP contribution is 2.29. The predicted molar refractivity (Wildman–Crippen MR) is 134 cm³/mol. The molecular formula is C27H30N2O3S. The van der Waals surface area contributed by atoms with Crippen LogP contribution in [0.4, 0.5) is 10.5 Å². The lowest BCUT2D eigenvalue weighted by Gasteiger charge is -2.30. The Bertz CT molecular complexity index is 1040. The lowest BCUT2D eigenvalue weighted by Crippen LogP contribution is -2.37. The number of benzene rings is 3. The molecular weight excluding hydrogens is 432 g/mol. The van der Waals surface area contributed by atoms with Crippen molar-refractivity contribution < 1.29 is 14.7 Å². The molecule has 0 fully saturated rings. The standard InChI is InChI=1S/C27H30N2O3S/c1-3-4-18-29(20(2)22-8-6-5-7-9-22)27(32)28-23-12-16-25(17-13-23)33-24-14-10-21(11-15-24)19-26(30)31/h5-17,20H,3-4,18-19H2,1-2H3,(H,28,32)(H,30,31). The zero-order valence-corrected chi connectivity index (χ0v) is 19.8. The molecule has 0 aromatic heterocycles. The molecule has 0 aliphatic heterocycles. The van der Waals surface area contributed by atoms with Crippen molar-refractivity contribution in [2.75, 3.05) is 11.9 Å². The maximum absolute atomic E-state index is 13.1.